The predicted octanol–water partition coefficient (Wildman–Crippen LogP) is 2.76. The van der Waals surface area contributed by atoms with Crippen LogP contribution >= 0.6 is 0 Å². The summed E-state index contributed by atoms with van der Waals surface area (Å²) in [7, 11) is 1.68. The van der Waals surface area contributed by atoms with E-state index in [1.165, 1.54) is 0 Å². The molecule has 5 atom stereocenters. The van der Waals surface area contributed by atoms with Crippen molar-refractivity contribution in [2.24, 2.45) is 17.3 Å². The Hall–Kier alpha value is -1.17. The Morgan fingerprint density at radius 1 is 1.31 bits per heavy atom. The van der Waals surface area contributed by atoms with Crippen LogP contribution in [-0.2, 0) is 14.3 Å². The van der Waals surface area contributed by atoms with Crippen LogP contribution in [0, 0.1) is 17.3 Å². The smallest absolute Gasteiger partial charge is 0.312 e. The highest BCUT2D eigenvalue weighted by atomic mass is 16.5. The second kappa shape index (κ2) is 6.77. The molecule has 5 heteroatoms. The van der Waals surface area contributed by atoms with Crippen molar-refractivity contribution < 1.29 is 24.5 Å². The summed E-state index contributed by atoms with van der Waals surface area (Å²) in [6.45, 7) is 5.85. The molecule has 0 radical (unpaired) electrons. The Morgan fingerprint density at radius 3 is 2.69 bits per heavy atom. The maximum atomic E-state index is 12.8. The van der Waals surface area contributed by atoms with Gasteiger partial charge in [0.25, 0.3) is 0 Å². The Balaban J connectivity index is 1.98. The minimum Gasteiger partial charge on any atom is -0.461 e. The number of cyclic esters (lactones) is 1. The molecule has 0 spiro atoms. The van der Waals surface area contributed by atoms with Crippen LogP contribution in [0.3, 0.4) is 0 Å². The molecule has 2 aliphatic carbocycles. The van der Waals surface area contributed by atoms with E-state index in [2.05, 4.69) is 6.92 Å². The predicted molar refractivity (Wildman–Crippen MR) is 98.4 cm³/mol. The first-order chi connectivity index (χ1) is 12.1. The summed E-state index contributed by atoms with van der Waals surface area (Å²) in [5, 5.41) is 20.5. The van der Waals surface area contributed by atoms with Gasteiger partial charge in [0.2, 0.25) is 0 Å². The van der Waals surface area contributed by atoms with Crippen LogP contribution in [0.5, 0.6) is 0 Å². The topological polar surface area (TPSA) is 76.0 Å². The Labute approximate surface area is 156 Å². The molecular formula is C21H32O5. The average Bonchev–Trinajstić information content (AvgIpc) is 2.67. The van der Waals surface area contributed by atoms with E-state index in [9.17, 15) is 15.0 Å². The van der Waals surface area contributed by atoms with Gasteiger partial charge in [-0.15, -0.1) is 0 Å². The first kappa shape index (κ1) is 19.6. The zero-order valence-electron chi connectivity index (χ0n) is 16.3. The minimum absolute atomic E-state index is 0.0507. The third-order valence-electron chi connectivity index (χ3n) is 6.68. The molecule has 0 unspecified atom stereocenters. The number of rotatable bonds is 3. The molecule has 146 valence electrons. The van der Waals surface area contributed by atoms with Crippen molar-refractivity contribution in [1.29, 1.82) is 0 Å². The Kier molecular flexibility index (Phi) is 5.10. The number of fused-ring (bicyclic) bond motifs is 4. The highest BCUT2D eigenvalue weighted by Crippen LogP contribution is 2.56. The molecule has 0 aromatic rings. The summed E-state index contributed by atoms with van der Waals surface area (Å²) in [5.74, 6) is -0.465. The lowest BCUT2D eigenvalue weighted by Gasteiger charge is -2.50. The molecule has 3 aliphatic rings. The maximum Gasteiger partial charge on any atom is 0.312 e. The van der Waals surface area contributed by atoms with Crippen molar-refractivity contribution >= 4 is 5.97 Å². The van der Waals surface area contributed by atoms with Gasteiger partial charge in [-0.1, -0.05) is 25.2 Å². The SMILES string of the molecule is CO[C@@]12CC[C@H](O)[C@@](C)(CC[C@@H]3C(=C/C=C/C(C)(C)O)COC(=O)[C@H]31)C2. The minimum atomic E-state index is -0.882. The van der Waals surface area contributed by atoms with Gasteiger partial charge < -0.3 is 19.7 Å². The maximum absolute atomic E-state index is 12.8. The van der Waals surface area contributed by atoms with Gasteiger partial charge in [0, 0.05) is 7.11 Å². The fraction of sp³-hybridized carbons (Fsp3) is 0.762. The van der Waals surface area contributed by atoms with Crippen LogP contribution in [0.2, 0.25) is 0 Å². The number of aliphatic hydroxyl groups is 2. The van der Waals surface area contributed by atoms with Crippen molar-refractivity contribution in [1.82, 2.24) is 0 Å². The monoisotopic (exact) mass is 364 g/mol. The molecule has 1 aliphatic heterocycles. The van der Waals surface area contributed by atoms with Gasteiger partial charge in [-0.2, -0.15) is 0 Å². The van der Waals surface area contributed by atoms with Gasteiger partial charge in [0.1, 0.15) is 6.61 Å². The number of carbonyl (C=O) groups is 1. The molecule has 3 fully saturated rings. The summed E-state index contributed by atoms with van der Waals surface area (Å²) in [5.41, 5.74) is -0.629. The van der Waals surface area contributed by atoms with Crippen molar-refractivity contribution in [3.63, 3.8) is 0 Å². The third kappa shape index (κ3) is 3.49. The normalized spacial score (nSPS) is 42.5. The number of hydrogen-bond donors (Lipinski definition) is 2. The highest BCUT2D eigenvalue weighted by molar-refractivity contribution is 5.76. The van der Waals surface area contributed by atoms with Gasteiger partial charge in [-0.3, -0.25) is 4.79 Å². The van der Waals surface area contributed by atoms with Crippen molar-refractivity contribution in [2.75, 3.05) is 13.7 Å². The van der Waals surface area contributed by atoms with Crippen molar-refractivity contribution in [3.05, 3.63) is 23.8 Å². The summed E-state index contributed by atoms with van der Waals surface area (Å²) in [6.07, 6.45) is 8.89. The molecule has 1 heterocycles. The lowest BCUT2D eigenvalue weighted by Crippen LogP contribution is -2.55. The van der Waals surface area contributed by atoms with Gasteiger partial charge in [0.15, 0.2) is 0 Å². The van der Waals surface area contributed by atoms with Gasteiger partial charge in [-0.25, -0.2) is 0 Å². The number of methoxy groups -OCH3 is 1. The largest absolute Gasteiger partial charge is 0.461 e. The Bertz CT molecular complexity index is 616. The molecule has 1 saturated heterocycles. The van der Waals surface area contributed by atoms with Crippen LogP contribution in [0.25, 0.3) is 0 Å². The zero-order valence-corrected chi connectivity index (χ0v) is 16.3. The van der Waals surface area contributed by atoms with Crippen LogP contribution in [0.4, 0.5) is 0 Å². The number of esters is 1. The number of carbonyl (C=O) groups excluding carboxylic acids is 1. The van der Waals surface area contributed by atoms with Gasteiger partial charge in [0.05, 0.1) is 23.2 Å². The van der Waals surface area contributed by atoms with Crippen LogP contribution < -0.4 is 0 Å². The van der Waals surface area contributed by atoms with E-state index in [1.54, 1.807) is 27.0 Å². The lowest BCUT2D eigenvalue weighted by atomic mass is 9.62. The van der Waals surface area contributed by atoms with E-state index in [1.807, 2.05) is 12.2 Å². The quantitative estimate of drug-likeness (QED) is 0.753. The van der Waals surface area contributed by atoms with E-state index < -0.39 is 11.2 Å². The van der Waals surface area contributed by atoms with E-state index in [-0.39, 0.29) is 35.9 Å². The summed E-state index contributed by atoms with van der Waals surface area (Å²) < 4.78 is 11.5. The molecule has 2 N–H and O–H groups in total. The van der Waals surface area contributed by atoms with E-state index in [4.69, 9.17) is 9.47 Å². The number of ether oxygens (including phenoxy) is 2. The fourth-order valence-electron chi connectivity index (χ4n) is 5.17. The molecule has 0 aromatic carbocycles. The molecule has 5 nitrogen and oxygen atoms in total. The Morgan fingerprint density at radius 2 is 2.04 bits per heavy atom. The summed E-state index contributed by atoms with van der Waals surface area (Å²) in [4.78, 5) is 12.8. The average molecular weight is 364 g/mol. The van der Waals surface area contributed by atoms with Crippen LogP contribution in [0.1, 0.15) is 52.9 Å². The van der Waals surface area contributed by atoms with Gasteiger partial charge >= 0.3 is 5.97 Å². The summed E-state index contributed by atoms with van der Waals surface area (Å²) >= 11 is 0. The molecule has 0 aromatic heterocycles. The van der Waals surface area contributed by atoms with Crippen LogP contribution in [0.15, 0.2) is 23.8 Å². The van der Waals surface area contributed by atoms with Gasteiger partial charge in [-0.05, 0) is 62.9 Å². The second-order valence-electron chi connectivity index (χ2n) is 9.14. The second-order valence-corrected chi connectivity index (χ2v) is 9.14. The standard InChI is InChI=1S/C21H32O5/c1-19(2,24)9-5-6-14-12-26-18(23)17-15(14)7-10-20(3)13-21(17,25-4)11-8-16(20)22/h5-6,9,15-17,22,24H,7-8,10-13H2,1-4H3/b9-5+,14-6?/t15-,16+,17+,20+,21-/m1/s1. The summed E-state index contributed by atoms with van der Waals surface area (Å²) in [6, 6.07) is 0. The number of hydrogen-bond acceptors (Lipinski definition) is 5. The molecular weight excluding hydrogens is 332 g/mol. The first-order valence-electron chi connectivity index (χ1n) is 9.61. The number of allylic oxidation sites excluding steroid dienone is 2. The molecule has 2 saturated carbocycles. The van der Waals surface area contributed by atoms with Crippen molar-refractivity contribution in [2.45, 2.75) is 70.2 Å². The fourth-order valence-corrected chi connectivity index (χ4v) is 5.17. The molecule has 3 rings (SSSR count). The zero-order chi connectivity index (χ0) is 19.2. The molecule has 2 bridgehead atoms. The lowest BCUT2D eigenvalue weighted by molar-refractivity contribution is -0.184. The van der Waals surface area contributed by atoms with E-state index in [0.717, 1.165) is 18.4 Å². The van der Waals surface area contributed by atoms with E-state index >= 15 is 0 Å². The third-order valence-corrected chi connectivity index (χ3v) is 6.68. The molecule has 26 heavy (non-hydrogen) atoms. The molecule has 0 amide bonds. The van der Waals surface area contributed by atoms with Crippen molar-refractivity contribution in [3.8, 4) is 0 Å². The highest BCUT2D eigenvalue weighted by Gasteiger charge is 2.59. The van der Waals surface area contributed by atoms with E-state index in [0.29, 0.717) is 19.3 Å². The first-order valence-corrected chi connectivity index (χ1v) is 9.61. The number of aliphatic hydroxyl groups excluding tert-OH is 1. The van der Waals surface area contributed by atoms with Crippen LogP contribution in [-0.4, -0.2) is 47.2 Å².